The first-order chi connectivity index (χ1) is 25.7. The summed E-state index contributed by atoms with van der Waals surface area (Å²) in [5.41, 5.74) is 27.0. The second-order valence-corrected chi connectivity index (χ2v) is 15.6. The van der Waals surface area contributed by atoms with Crippen molar-refractivity contribution in [2.75, 3.05) is 0 Å². The van der Waals surface area contributed by atoms with Gasteiger partial charge in [0.25, 0.3) is 0 Å². The van der Waals surface area contributed by atoms with Crippen LogP contribution in [0, 0.1) is 6.92 Å². The lowest BCUT2D eigenvalue weighted by Gasteiger charge is -2.27. The fraction of sp³-hybridized carbons (Fsp3) is 0.216. The number of fused-ring (bicyclic) bond motifs is 7. The van der Waals surface area contributed by atoms with Crippen LogP contribution in [0.4, 0.5) is 0 Å². The van der Waals surface area contributed by atoms with Gasteiger partial charge in [0.15, 0.2) is 0 Å². The summed E-state index contributed by atoms with van der Waals surface area (Å²) < 4.78 is 0. The molecular formula is C51H45B. The normalized spacial score (nSPS) is 19.7. The monoisotopic (exact) mass is 668 g/mol. The van der Waals surface area contributed by atoms with E-state index >= 15 is 0 Å². The van der Waals surface area contributed by atoms with Crippen molar-refractivity contribution in [3.05, 3.63) is 206 Å². The third-order valence-electron chi connectivity index (χ3n) is 12.6. The van der Waals surface area contributed by atoms with Crippen molar-refractivity contribution in [1.29, 1.82) is 0 Å². The van der Waals surface area contributed by atoms with Gasteiger partial charge in [-0.2, -0.15) is 0 Å². The molecule has 0 spiro atoms. The van der Waals surface area contributed by atoms with Crippen LogP contribution in [0.15, 0.2) is 161 Å². The van der Waals surface area contributed by atoms with Crippen LogP contribution in [0.2, 0.25) is 12.1 Å². The molecule has 0 N–H and O–H groups in total. The van der Waals surface area contributed by atoms with Gasteiger partial charge in [-0.05, 0) is 159 Å². The van der Waals surface area contributed by atoms with Gasteiger partial charge in [0, 0.05) is 0 Å². The maximum Gasteiger partial charge on any atom is 0.134 e. The molecule has 0 nitrogen and oxygen atoms in total. The topological polar surface area (TPSA) is 0 Å². The number of hydrogen-bond acceptors (Lipinski definition) is 0. The molecule has 1 atom stereocenters. The Morgan fingerprint density at radius 1 is 0.423 bits per heavy atom. The van der Waals surface area contributed by atoms with Crippen LogP contribution in [0.5, 0.6) is 0 Å². The van der Waals surface area contributed by atoms with Gasteiger partial charge in [0.05, 0.1) is 0 Å². The Morgan fingerprint density at radius 2 is 1.00 bits per heavy atom. The van der Waals surface area contributed by atoms with E-state index in [1.807, 2.05) is 0 Å². The lowest BCUT2D eigenvalue weighted by atomic mass is 9.55. The number of benzene rings is 5. The number of rotatable bonds is 3. The molecule has 0 radical (unpaired) electrons. The van der Waals surface area contributed by atoms with E-state index in [0.29, 0.717) is 5.82 Å². The summed E-state index contributed by atoms with van der Waals surface area (Å²) >= 11 is 0. The molecule has 0 amide bonds. The van der Waals surface area contributed by atoms with Crippen molar-refractivity contribution in [1.82, 2.24) is 0 Å². The molecule has 0 aromatic heterocycles. The first-order valence-corrected chi connectivity index (χ1v) is 19.8. The molecule has 0 bridgehead atoms. The Kier molecular flexibility index (Phi) is 7.97. The summed E-state index contributed by atoms with van der Waals surface area (Å²) in [4.78, 5) is 0. The predicted molar refractivity (Wildman–Crippen MR) is 222 cm³/mol. The highest BCUT2D eigenvalue weighted by atomic mass is 14.4. The van der Waals surface area contributed by atoms with Gasteiger partial charge in [-0.3, -0.25) is 0 Å². The average molecular weight is 669 g/mol. The van der Waals surface area contributed by atoms with Crippen molar-refractivity contribution >= 4 is 35.1 Å². The second kappa shape index (κ2) is 13.1. The maximum absolute atomic E-state index is 2.44. The van der Waals surface area contributed by atoms with Crippen molar-refractivity contribution in [3.63, 3.8) is 0 Å². The van der Waals surface area contributed by atoms with Crippen molar-refractivity contribution in [2.45, 2.75) is 70.4 Å². The summed E-state index contributed by atoms with van der Waals surface area (Å²) in [5, 5.41) is 0. The van der Waals surface area contributed by atoms with Gasteiger partial charge in [0.1, 0.15) is 7.28 Å². The highest BCUT2D eigenvalue weighted by Gasteiger charge is 2.41. The third-order valence-corrected chi connectivity index (χ3v) is 12.6. The zero-order chi connectivity index (χ0) is 34.6. The molecule has 0 saturated heterocycles. The Hall–Kier alpha value is -5.14. The lowest BCUT2D eigenvalue weighted by molar-refractivity contribution is 0.836. The van der Waals surface area contributed by atoms with Gasteiger partial charge in [0.2, 0.25) is 0 Å². The van der Waals surface area contributed by atoms with Crippen molar-refractivity contribution < 1.29 is 0 Å². The molecule has 0 fully saturated rings. The Morgan fingerprint density at radius 3 is 1.71 bits per heavy atom. The van der Waals surface area contributed by atoms with E-state index in [2.05, 4.69) is 140 Å². The van der Waals surface area contributed by atoms with Crippen LogP contribution in [0.1, 0.15) is 83.0 Å². The van der Waals surface area contributed by atoms with Gasteiger partial charge < -0.3 is 0 Å². The summed E-state index contributed by atoms with van der Waals surface area (Å²) in [7, 11) is 1.17. The highest BCUT2D eigenvalue weighted by molar-refractivity contribution is 6.43. The summed E-state index contributed by atoms with van der Waals surface area (Å²) in [6.45, 7) is 2.23. The standard InChI is InChI=1S/C51H45B/c1-33-26-28-38(29-27-33)48-50-44(49-40-23-11-9-15-35(40)21-13-25-43(49)47(50)37-18-6-3-7-19-37)32-52-45-31-30-41-39-22-10-8-14-34(39)20-12-24-42(41)46(51(45)48)36-16-4-2-5-17-36/h2-11,14-19,22-23,26-29,45,52H,12-13,20-21,24-25,30-32H2,1H3. The molecule has 4 aliphatic carbocycles. The minimum absolute atomic E-state index is 0.457. The van der Waals surface area contributed by atoms with E-state index in [1.54, 1.807) is 33.4 Å². The van der Waals surface area contributed by atoms with E-state index in [-0.39, 0.29) is 0 Å². The van der Waals surface area contributed by atoms with Crippen LogP contribution >= 0.6 is 0 Å². The minimum Gasteiger partial charge on any atom is -0.0622 e. The van der Waals surface area contributed by atoms with E-state index in [4.69, 9.17) is 0 Å². The molecule has 1 aliphatic heterocycles. The Bertz CT molecular complexity index is 2380. The van der Waals surface area contributed by atoms with E-state index in [1.165, 1.54) is 93.3 Å². The molecule has 1 unspecified atom stereocenters. The third kappa shape index (κ3) is 5.20. The molecule has 1 heteroatoms. The van der Waals surface area contributed by atoms with E-state index < -0.39 is 0 Å². The minimum atomic E-state index is 0.457. The Labute approximate surface area is 310 Å². The number of allylic oxidation sites excluding steroid dienone is 10. The smallest absolute Gasteiger partial charge is 0.0622 e. The fourth-order valence-electron chi connectivity index (χ4n) is 10.4. The van der Waals surface area contributed by atoms with Crippen LogP contribution in [0.25, 0.3) is 27.9 Å². The lowest BCUT2D eigenvalue weighted by Crippen LogP contribution is -2.09. The molecule has 1 heterocycles. The average Bonchev–Trinajstić information content (AvgIpc) is 3.43. The summed E-state index contributed by atoms with van der Waals surface area (Å²) in [6.07, 6.45) is 10.3. The summed E-state index contributed by atoms with van der Waals surface area (Å²) in [5.74, 6) is 0.457. The molecule has 5 aromatic rings. The van der Waals surface area contributed by atoms with Gasteiger partial charge in [-0.25, -0.2) is 0 Å². The molecule has 5 aliphatic rings. The molecular weight excluding hydrogens is 623 g/mol. The quantitative estimate of drug-likeness (QED) is 0.168. The molecule has 252 valence electrons. The number of hydrogen-bond donors (Lipinski definition) is 0. The zero-order valence-corrected chi connectivity index (χ0v) is 30.4. The highest BCUT2D eigenvalue weighted by Crippen LogP contribution is 2.60. The molecule has 52 heavy (non-hydrogen) atoms. The van der Waals surface area contributed by atoms with E-state index in [9.17, 15) is 0 Å². The van der Waals surface area contributed by atoms with Crippen LogP contribution in [-0.4, -0.2) is 7.28 Å². The first-order valence-electron chi connectivity index (χ1n) is 19.8. The Balaban J connectivity index is 1.39. The molecule has 10 rings (SSSR count). The molecule has 5 aromatic carbocycles. The van der Waals surface area contributed by atoms with Crippen molar-refractivity contribution in [2.24, 2.45) is 0 Å². The zero-order valence-electron chi connectivity index (χ0n) is 30.4. The van der Waals surface area contributed by atoms with Crippen LogP contribution in [0.3, 0.4) is 0 Å². The summed E-state index contributed by atoms with van der Waals surface area (Å²) in [6, 6.07) is 51.2. The van der Waals surface area contributed by atoms with Crippen molar-refractivity contribution in [3.8, 4) is 0 Å². The first kappa shape index (κ1) is 31.6. The predicted octanol–water partition coefficient (Wildman–Crippen LogP) is 12.7. The van der Waals surface area contributed by atoms with Gasteiger partial charge in [-0.15, -0.1) is 0 Å². The van der Waals surface area contributed by atoms with Crippen LogP contribution < -0.4 is 0 Å². The van der Waals surface area contributed by atoms with E-state index in [0.717, 1.165) is 38.4 Å². The molecule has 0 saturated carbocycles. The SMILES string of the molecule is Cc1ccc(C2=C3C(=C4C(=C3c3ccccc3)CCCc3ccccc34)CBC3CCC4=C(CCCc5ccccc54)C(c4ccccc4)=C23)cc1. The largest absolute Gasteiger partial charge is 0.134 e. The fourth-order valence-corrected chi connectivity index (χ4v) is 10.4. The van der Waals surface area contributed by atoms with Gasteiger partial charge in [-0.1, -0.05) is 145 Å². The number of aryl methyl sites for hydroxylation is 3. The van der Waals surface area contributed by atoms with Gasteiger partial charge >= 0.3 is 0 Å². The second-order valence-electron chi connectivity index (χ2n) is 15.6. The van der Waals surface area contributed by atoms with Crippen LogP contribution in [-0.2, 0) is 12.8 Å². The maximum atomic E-state index is 2.44.